The molecule has 3 heteroatoms. The zero-order valence-corrected chi connectivity index (χ0v) is 12.7. The molecule has 0 bridgehead atoms. The van der Waals surface area contributed by atoms with Crippen LogP contribution in [-0.2, 0) is 6.42 Å². The van der Waals surface area contributed by atoms with Crippen molar-refractivity contribution in [3.63, 3.8) is 0 Å². The highest BCUT2D eigenvalue weighted by Gasteiger charge is 2.35. The number of aromatic nitrogens is 1. The summed E-state index contributed by atoms with van der Waals surface area (Å²) in [6.07, 6.45) is 9.24. The molecule has 0 spiro atoms. The molecule has 1 heterocycles. The van der Waals surface area contributed by atoms with E-state index in [9.17, 15) is 0 Å². The molecule has 19 heavy (non-hydrogen) atoms. The second-order valence-electron chi connectivity index (χ2n) is 6.40. The molecule has 1 N–H and O–H groups in total. The smallest absolute Gasteiger partial charge is 0.194 e. The van der Waals surface area contributed by atoms with Crippen LogP contribution in [0.4, 0.5) is 0 Å². The summed E-state index contributed by atoms with van der Waals surface area (Å²) in [6.45, 7) is 8.94. The monoisotopic (exact) mass is 264 g/mol. The maximum atomic E-state index is 6.00. The molecule has 1 unspecified atom stereocenters. The van der Waals surface area contributed by atoms with E-state index in [4.69, 9.17) is 4.42 Å². The van der Waals surface area contributed by atoms with Crippen molar-refractivity contribution in [1.82, 2.24) is 10.3 Å². The van der Waals surface area contributed by atoms with E-state index < -0.39 is 0 Å². The molecule has 1 fully saturated rings. The summed E-state index contributed by atoms with van der Waals surface area (Å²) in [5.74, 6) is 2.58. The number of rotatable bonds is 6. The average Bonchev–Trinajstić information content (AvgIpc) is 2.82. The van der Waals surface area contributed by atoms with Gasteiger partial charge in [0.1, 0.15) is 5.76 Å². The lowest BCUT2D eigenvalue weighted by Gasteiger charge is -2.37. The van der Waals surface area contributed by atoms with Gasteiger partial charge in [-0.3, -0.25) is 0 Å². The van der Waals surface area contributed by atoms with Gasteiger partial charge in [0, 0.05) is 12.3 Å². The Morgan fingerprint density at radius 3 is 3.00 bits per heavy atom. The minimum Gasteiger partial charge on any atom is -0.445 e. The highest BCUT2D eigenvalue weighted by molar-refractivity contribution is 5.08. The lowest BCUT2D eigenvalue weighted by atomic mass is 9.68. The number of aryl methyl sites for hydroxylation is 1. The molecule has 0 radical (unpaired) electrons. The molecule has 2 rings (SSSR count). The third kappa shape index (κ3) is 3.82. The zero-order chi connectivity index (χ0) is 13.7. The van der Waals surface area contributed by atoms with Crippen LogP contribution in [0.5, 0.6) is 0 Å². The van der Waals surface area contributed by atoms with Crippen molar-refractivity contribution in [2.75, 3.05) is 13.1 Å². The maximum absolute atomic E-state index is 6.00. The Hall–Kier alpha value is -0.830. The van der Waals surface area contributed by atoms with Crippen LogP contribution in [0.15, 0.2) is 10.6 Å². The number of nitrogens with zero attached hydrogens (tertiary/aromatic N) is 1. The number of hydrogen-bond acceptors (Lipinski definition) is 3. The fourth-order valence-corrected chi connectivity index (χ4v) is 3.16. The highest BCUT2D eigenvalue weighted by Crippen LogP contribution is 2.46. The third-order valence-corrected chi connectivity index (χ3v) is 4.42. The molecule has 1 saturated carbocycles. The molecule has 0 amide bonds. The standard InChI is InChI=1S/C16H28N2O/c1-4-17-11-7-9-15-18-12-14(19-15)13-8-5-6-10-16(13,2)3/h12-13,17H,4-11H2,1-3H3. The zero-order valence-electron chi connectivity index (χ0n) is 12.7. The van der Waals surface area contributed by atoms with Gasteiger partial charge in [0.25, 0.3) is 0 Å². The quantitative estimate of drug-likeness (QED) is 0.792. The topological polar surface area (TPSA) is 38.1 Å². The molecular formula is C16H28N2O. The summed E-state index contributed by atoms with van der Waals surface area (Å²) in [4.78, 5) is 4.46. The van der Waals surface area contributed by atoms with Crippen LogP contribution < -0.4 is 5.32 Å². The average molecular weight is 264 g/mol. The second kappa shape index (κ2) is 6.56. The van der Waals surface area contributed by atoms with E-state index in [2.05, 4.69) is 31.1 Å². The molecule has 1 aliphatic carbocycles. The molecule has 108 valence electrons. The third-order valence-electron chi connectivity index (χ3n) is 4.42. The van der Waals surface area contributed by atoms with Crippen molar-refractivity contribution >= 4 is 0 Å². The SMILES string of the molecule is CCNCCCc1ncc(C2CCCCC2(C)C)o1. The molecule has 1 aliphatic rings. The van der Waals surface area contributed by atoms with E-state index in [1.54, 1.807) is 0 Å². The van der Waals surface area contributed by atoms with Gasteiger partial charge in [-0.2, -0.15) is 0 Å². The summed E-state index contributed by atoms with van der Waals surface area (Å²) < 4.78 is 6.00. The number of hydrogen-bond donors (Lipinski definition) is 1. The van der Waals surface area contributed by atoms with Gasteiger partial charge in [-0.25, -0.2) is 4.98 Å². The van der Waals surface area contributed by atoms with Crippen LogP contribution in [0.25, 0.3) is 0 Å². The first-order chi connectivity index (χ1) is 9.13. The summed E-state index contributed by atoms with van der Waals surface area (Å²) in [5, 5.41) is 3.33. The van der Waals surface area contributed by atoms with Gasteiger partial charge in [0.05, 0.1) is 6.20 Å². The number of nitrogens with one attached hydrogen (secondary N) is 1. The predicted octanol–water partition coefficient (Wildman–Crippen LogP) is 3.90. The van der Waals surface area contributed by atoms with Crippen LogP contribution in [0.3, 0.4) is 0 Å². The molecule has 1 atom stereocenters. The summed E-state index contributed by atoms with van der Waals surface area (Å²) >= 11 is 0. The van der Waals surface area contributed by atoms with Crippen LogP contribution in [0.1, 0.15) is 70.4 Å². The van der Waals surface area contributed by atoms with Gasteiger partial charge in [-0.1, -0.05) is 33.6 Å². The molecule has 0 aliphatic heterocycles. The summed E-state index contributed by atoms with van der Waals surface area (Å²) in [7, 11) is 0. The minimum atomic E-state index is 0.360. The van der Waals surface area contributed by atoms with Crippen LogP contribution in [0.2, 0.25) is 0 Å². The van der Waals surface area contributed by atoms with E-state index in [1.165, 1.54) is 25.7 Å². The Labute approximate surface area is 117 Å². The van der Waals surface area contributed by atoms with Gasteiger partial charge >= 0.3 is 0 Å². The first kappa shape index (κ1) is 14.6. The first-order valence-corrected chi connectivity index (χ1v) is 7.79. The number of oxazole rings is 1. The Bertz CT molecular complexity index is 384. The van der Waals surface area contributed by atoms with Gasteiger partial charge in [0.2, 0.25) is 0 Å². The first-order valence-electron chi connectivity index (χ1n) is 7.79. The largest absolute Gasteiger partial charge is 0.445 e. The van der Waals surface area contributed by atoms with Crippen molar-refractivity contribution < 1.29 is 4.42 Å². The van der Waals surface area contributed by atoms with Crippen molar-refractivity contribution in [2.24, 2.45) is 5.41 Å². The lowest BCUT2D eigenvalue weighted by molar-refractivity contribution is 0.176. The van der Waals surface area contributed by atoms with Gasteiger partial charge in [-0.05, 0) is 37.8 Å². The molecule has 0 saturated heterocycles. The Kier molecular flexibility index (Phi) is 5.03. The van der Waals surface area contributed by atoms with Crippen LogP contribution >= 0.6 is 0 Å². The summed E-state index contributed by atoms with van der Waals surface area (Å²) in [5.41, 5.74) is 0.360. The van der Waals surface area contributed by atoms with Gasteiger partial charge in [0.15, 0.2) is 5.89 Å². The van der Waals surface area contributed by atoms with Gasteiger partial charge in [-0.15, -0.1) is 0 Å². The fourth-order valence-electron chi connectivity index (χ4n) is 3.16. The minimum absolute atomic E-state index is 0.360. The van der Waals surface area contributed by atoms with E-state index >= 15 is 0 Å². The van der Waals surface area contributed by atoms with E-state index in [-0.39, 0.29) is 0 Å². The molecule has 3 nitrogen and oxygen atoms in total. The van der Waals surface area contributed by atoms with E-state index in [1.807, 2.05) is 6.20 Å². The maximum Gasteiger partial charge on any atom is 0.194 e. The highest BCUT2D eigenvalue weighted by atomic mass is 16.4. The Morgan fingerprint density at radius 2 is 2.26 bits per heavy atom. The van der Waals surface area contributed by atoms with Crippen LogP contribution in [-0.4, -0.2) is 18.1 Å². The molecule has 1 aromatic heterocycles. The molecular weight excluding hydrogens is 236 g/mol. The van der Waals surface area contributed by atoms with Crippen molar-refractivity contribution in [2.45, 2.75) is 65.2 Å². The van der Waals surface area contributed by atoms with Crippen molar-refractivity contribution in [3.05, 3.63) is 17.8 Å². The predicted molar refractivity (Wildman–Crippen MR) is 78.4 cm³/mol. The van der Waals surface area contributed by atoms with Crippen molar-refractivity contribution in [3.8, 4) is 0 Å². The van der Waals surface area contributed by atoms with Crippen molar-refractivity contribution in [1.29, 1.82) is 0 Å². The Balaban J connectivity index is 1.92. The van der Waals surface area contributed by atoms with E-state index in [0.717, 1.165) is 37.6 Å². The lowest BCUT2D eigenvalue weighted by Crippen LogP contribution is -2.25. The normalized spacial score (nSPS) is 22.6. The Morgan fingerprint density at radius 1 is 1.42 bits per heavy atom. The van der Waals surface area contributed by atoms with Crippen LogP contribution in [0, 0.1) is 5.41 Å². The van der Waals surface area contributed by atoms with Gasteiger partial charge < -0.3 is 9.73 Å². The fraction of sp³-hybridized carbons (Fsp3) is 0.812. The second-order valence-corrected chi connectivity index (χ2v) is 6.40. The summed E-state index contributed by atoms with van der Waals surface area (Å²) in [6, 6.07) is 0. The van der Waals surface area contributed by atoms with E-state index in [0.29, 0.717) is 11.3 Å². The molecule has 1 aromatic rings. The molecule has 0 aromatic carbocycles.